The minimum absolute atomic E-state index is 0. The van der Waals surface area contributed by atoms with Gasteiger partial charge < -0.3 is 9.84 Å². The van der Waals surface area contributed by atoms with Crippen molar-refractivity contribution in [1.29, 1.82) is 0 Å². The van der Waals surface area contributed by atoms with E-state index in [1.807, 2.05) is 19.2 Å². The number of hydrogen-bond donors (Lipinski definition) is 1. The van der Waals surface area contributed by atoms with Crippen LogP contribution < -0.4 is 5.32 Å². The molecule has 1 aliphatic carbocycles. The monoisotopic (exact) mass is 311 g/mol. The van der Waals surface area contributed by atoms with Gasteiger partial charge in [0.1, 0.15) is 5.82 Å². The molecule has 1 aromatic carbocycles. The molecule has 1 N–H and O–H groups in total. The SMILES string of the molecule is CNC(C)Cc1noc([C@@H]2C[C@H]2c2ccc(F)cc2)n1.Cl. The maximum Gasteiger partial charge on any atom is 0.230 e. The van der Waals surface area contributed by atoms with Crippen molar-refractivity contribution in [3.8, 4) is 0 Å². The summed E-state index contributed by atoms with van der Waals surface area (Å²) in [6.07, 6.45) is 1.75. The maximum atomic E-state index is 12.9. The number of halogens is 2. The fourth-order valence-corrected chi connectivity index (χ4v) is 2.42. The van der Waals surface area contributed by atoms with Crippen LogP contribution in [0.15, 0.2) is 28.8 Å². The molecule has 0 saturated heterocycles. The van der Waals surface area contributed by atoms with Crippen LogP contribution in [-0.2, 0) is 6.42 Å². The summed E-state index contributed by atoms with van der Waals surface area (Å²) in [4.78, 5) is 4.46. The molecule has 0 amide bonds. The van der Waals surface area contributed by atoms with Gasteiger partial charge in [0.05, 0.1) is 0 Å². The van der Waals surface area contributed by atoms with Crippen LogP contribution in [0.3, 0.4) is 0 Å². The summed E-state index contributed by atoms with van der Waals surface area (Å²) in [5.74, 6) is 1.91. The molecule has 1 aromatic heterocycles. The number of likely N-dealkylation sites (N-methyl/N-ethyl adjacent to an activating group) is 1. The number of rotatable bonds is 5. The standard InChI is InChI=1S/C15H18FN3O.ClH/c1-9(17-2)7-14-18-15(20-19-14)13-8-12(13)10-3-5-11(16)6-4-10;/h3-6,9,12-13,17H,7-8H2,1-2H3;1H/t9?,12-,13+;/m0./s1. The second-order valence-corrected chi connectivity index (χ2v) is 5.44. The molecule has 0 aliphatic heterocycles. The molecule has 1 heterocycles. The number of nitrogens with zero attached hydrogens (tertiary/aromatic N) is 2. The van der Waals surface area contributed by atoms with Gasteiger partial charge in [0.15, 0.2) is 5.82 Å². The van der Waals surface area contributed by atoms with Gasteiger partial charge in [-0.3, -0.25) is 0 Å². The quantitative estimate of drug-likeness (QED) is 0.922. The Balaban J connectivity index is 0.00000161. The van der Waals surface area contributed by atoms with Crippen molar-refractivity contribution in [1.82, 2.24) is 15.5 Å². The number of hydrogen-bond acceptors (Lipinski definition) is 4. The van der Waals surface area contributed by atoms with Crippen molar-refractivity contribution in [2.75, 3.05) is 7.05 Å². The number of aromatic nitrogens is 2. The number of nitrogens with one attached hydrogen (secondary N) is 1. The molecule has 114 valence electrons. The van der Waals surface area contributed by atoms with E-state index >= 15 is 0 Å². The van der Waals surface area contributed by atoms with Crippen molar-refractivity contribution in [3.63, 3.8) is 0 Å². The lowest BCUT2D eigenvalue weighted by molar-refractivity contribution is 0.371. The van der Waals surface area contributed by atoms with Crippen LogP contribution in [0.2, 0.25) is 0 Å². The van der Waals surface area contributed by atoms with E-state index in [2.05, 4.69) is 22.4 Å². The van der Waals surface area contributed by atoms with Crippen LogP contribution in [0.4, 0.5) is 4.39 Å². The lowest BCUT2D eigenvalue weighted by Crippen LogP contribution is -2.24. The van der Waals surface area contributed by atoms with Gasteiger partial charge in [0.2, 0.25) is 5.89 Å². The summed E-state index contributed by atoms with van der Waals surface area (Å²) in [6, 6.07) is 6.99. The highest BCUT2D eigenvalue weighted by Crippen LogP contribution is 2.54. The third-order valence-electron chi connectivity index (χ3n) is 3.87. The molecule has 4 nitrogen and oxygen atoms in total. The predicted octanol–water partition coefficient (Wildman–Crippen LogP) is 3.05. The van der Waals surface area contributed by atoms with E-state index in [4.69, 9.17) is 4.52 Å². The normalized spacial score (nSPS) is 21.7. The zero-order valence-electron chi connectivity index (χ0n) is 12.0. The highest BCUT2D eigenvalue weighted by atomic mass is 35.5. The van der Waals surface area contributed by atoms with Gasteiger partial charge in [0, 0.05) is 18.4 Å². The number of benzene rings is 1. The molecule has 0 bridgehead atoms. The van der Waals surface area contributed by atoms with Crippen molar-refractivity contribution in [3.05, 3.63) is 47.4 Å². The Bertz CT molecular complexity index is 587. The summed E-state index contributed by atoms with van der Waals surface area (Å²) < 4.78 is 18.2. The van der Waals surface area contributed by atoms with Gasteiger partial charge in [0.25, 0.3) is 0 Å². The van der Waals surface area contributed by atoms with Gasteiger partial charge in [-0.25, -0.2) is 4.39 Å². The van der Waals surface area contributed by atoms with E-state index in [1.165, 1.54) is 12.1 Å². The lowest BCUT2D eigenvalue weighted by atomic mass is 10.1. The fourth-order valence-electron chi connectivity index (χ4n) is 2.42. The van der Waals surface area contributed by atoms with Crippen molar-refractivity contribution < 1.29 is 8.91 Å². The van der Waals surface area contributed by atoms with E-state index in [-0.39, 0.29) is 24.1 Å². The van der Waals surface area contributed by atoms with Crippen LogP contribution in [0, 0.1) is 5.82 Å². The molecule has 3 atom stereocenters. The minimum Gasteiger partial charge on any atom is -0.339 e. The molecule has 1 aliphatic rings. The Labute approximate surface area is 129 Å². The second-order valence-electron chi connectivity index (χ2n) is 5.44. The molecule has 1 fully saturated rings. The summed E-state index contributed by atoms with van der Waals surface area (Å²) in [7, 11) is 1.91. The molecular formula is C15H19ClFN3O. The molecule has 2 aromatic rings. The molecule has 3 rings (SSSR count). The van der Waals surface area contributed by atoms with E-state index in [9.17, 15) is 4.39 Å². The molecular weight excluding hydrogens is 293 g/mol. The van der Waals surface area contributed by atoms with Gasteiger partial charge >= 0.3 is 0 Å². The average Bonchev–Trinajstić information content (AvgIpc) is 3.12. The topological polar surface area (TPSA) is 51.0 Å². The van der Waals surface area contributed by atoms with Gasteiger partial charge in [-0.05, 0) is 44.0 Å². The summed E-state index contributed by atoms with van der Waals surface area (Å²) in [6.45, 7) is 2.08. The second kappa shape index (κ2) is 6.54. The first kappa shape index (κ1) is 15.9. The zero-order chi connectivity index (χ0) is 14.1. The average molecular weight is 312 g/mol. The Morgan fingerprint density at radius 2 is 2.05 bits per heavy atom. The van der Waals surface area contributed by atoms with Gasteiger partial charge in [-0.2, -0.15) is 4.98 Å². The van der Waals surface area contributed by atoms with E-state index < -0.39 is 0 Å². The Hall–Kier alpha value is -1.46. The predicted molar refractivity (Wildman–Crippen MR) is 80.3 cm³/mol. The van der Waals surface area contributed by atoms with Gasteiger partial charge in [-0.1, -0.05) is 17.3 Å². The van der Waals surface area contributed by atoms with Crippen LogP contribution in [0.25, 0.3) is 0 Å². The first-order chi connectivity index (χ1) is 9.67. The van der Waals surface area contributed by atoms with E-state index in [0.717, 1.165) is 24.2 Å². The molecule has 6 heteroatoms. The Kier molecular flexibility index (Phi) is 4.96. The van der Waals surface area contributed by atoms with Crippen LogP contribution in [-0.4, -0.2) is 23.2 Å². The summed E-state index contributed by atoms with van der Waals surface area (Å²) in [5, 5.41) is 7.17. The first-order valence-electron chi connectivity index (χ1n) is 6.92. The smallest absolute Gasteiger partial charge is 0.230 e. The van der Waals surface area contributed by atoms with Crippen LogP contribution in [0.5, 0.6) is 0 Å². The highest BCUT2D eigenvalue weighted by Gasteiger charge is 2.43. The zero-order valence-corrected chi connectivity index (χ0v) is 12.9. The molecule has 1 saturated carbocycles. The largest absolute Gasteiger partial charge is 0.339 e. The minimum atomic E-state index is -0.202. The molecule has 0 radical (unpaired) electrons. The van der Waals surface area contributed by atoms with E-state index in [1.54, 1.807) is 0 Å². The van der Waals surface area contributed by atoms with Gasteiger partial charge in [-0.15, -0.1) is 12.4 Å². The van der Waals surface area contributed by atoms with Crippen molar-refractivity contribution >= 4 is 12.4 Å². The summed E-state index contributed by atoms with van der Waals surface area (Å²) >= 11 is 0. The van der Waals surface area contributed by atoms with E-state index in [0.29, 0.717) is 17.9 Å². The third-order valence-corrected chi connectivity index (χ3v) is 3.87. The highest BCUT2D eigenvalue weighted by molar-refractivity contribution is 5.85. The molecule has 21 heavy (non-hydrogen) atoms. The summed E-state index contributed by atoms with van der Waals surface area (Å²) in [5.41, 5.74) is 1.14. The lowest BCUT2D eigenvalue weighted by Gasteiger charge is -2.04. The van der Waals surface area contributed by atoms with Crippen molar-refractivity contribution in [2.24, 2.45) is 0 Å². The van der Waals surface area contributed by atoms with Crippen LogP contribution >= 0.6 is 12.4 Å². The third kappa shape index (κ3) is 3.60. The van der Waals surface area contributed by atoms with Crippen molar-refractivity contribution in [2.45, 2.75) is 37.6 Å². The fraction of sp³-hybridized carbons (Fsp3) is 0.467. The molecule has 1 unspecified atom stereocenters. The first-order valence-corrected chi connectivity index (χ1v) is 6.92. The van der Waals surface area contributed by atoms with Crippen LogP contribution in [0.1, 0.15) is 42.5 Å². The Morgan fingerprint density at radius 1 is 1.33 bits per heavy atom. The maximum absolute atomic E-state index is 12.9. The molecule has 0 spiro atoms. The Morgan fingerprint density at radius 3 is 2.71 bits per heavy atom.